The van der Waals surface area contributed by atoms with E-state index in [-0.39, 0.29) is 32.2 Å². The summed E-state index contributed by atoms with van der Waals surface area (Å²) < 4.78 is 0. The Labute approximate surface area is 224 Å². The van der Waals surface area contributed by atoms with Gasteiger partial charge < -0.3 is 35.7 Å². The minimum atomic E-state index is -0.974. The van der Waals surface area contributed by atoms with Crippen LogP contribution in [0.5, 0.6) is 0 Å². The Morgan fingerprint density at radius 2 is 1.26 bits per heavy atom. The lowest BCUT2D eigenvalue weighted by Crippen LogP contribution is -2.53. The van der Waals surface area contributed by atoms with Crippen LogP contribution in [0.3, 0.4) is 0 Å². The number of carbonyl (C=O) groups is 4. The molecule has 13 nitrogen and oxygen atoms in total. The fourth-order valence-electron chi connectivity index (χ4n) is 4.16. The molecule has 38 heavy (non-hydrogen) atoms. The van der Waals surface area contributed by atoms with Crippen molar-refractivity contribution in [3.05, 3.63) is 29.8 Å². The summed E-state index contributed by atoms with van der Waals surface area (Å²) in [5, 5.41) is 32.9. The van der Waals surface area contributed by atoms with Crippen molar-refractivity contribution in [1.82, 2.24) is 19.6 Å². The highest BCUT2D eigenvalue weighted by Crippen LogP contribution is 2.14. The SMILES string of the molecule is CO.CO.Nc1ccc(CC2CN(CC=O)CCN(CC=O)CCN(CC(=O)O)CCN2CC(=O)O)cc1. The van der Waals surface area contributed by atoms with E-state index in [0.717, 1.165) is 32.4 Å². The fraction of sp³-hybridized carbons (Fsp3) is 0.600. The topological polar surface area (TPSA) is 188 Å². The first-order valence-corrected chi connectivity index (χ1v) is 12.3. The van der Waals surface area contributed by atoms with Gasteiger partial charge in [0.2, 0.25) is 0 Å². The normalized spacial score (nSPS) is 18.4. The standard InChI is InChI=1S/C23H35N5O6.2CH4O/c24-20-3-1-19(2-4-20)15-21-16-27(12-14-30)8-6-25(11-13-29)5-7-26(17-22(31)32)9-10-28(21)18-23(33)34;2*1-2/h1-4,13-14,21H,5-12,15-18,24H2,(H,31,32)(H,33,34);2*2H,1H3. The van der Waals surface area contributed by atoms with Crippen LogP contribution in [0.15, 0.2) is 24.3 Å². The second-order valence-electron chi connectivity index (χ2n) is 8.53. The molecule has 0 saturated carbocycles. The minimum Gasteiger partial charge on any atom is -0.480 e. The van der Waals surface area contributed by atoms with Crippen molar-refractivity contribution < 1.29 is 39.6 Å². The highest BCUT2D eigenvalue weighted by Gasteiger charge is 2.26. The predicted octanol–water partition coefficient (Wildman–Crippen LogP) is -1.81. The zero-order valence-corrected chi connectivity index (χ0v) is 22.3. The molecule has 1 fully saturated rings. The first kappa shape index (κ1) is 35.1. The molecule has 0 amide bonds. The van der Waals surface area contributed by atoms with Crippen LogP contribution in [0.1, 0.15) is 5.56 Å². The van der Waals surface area contributed by atoms with Crippen molar-refractivity contribution in [2.24, 2.45) is 0 Å². The van der Waals surface area contributed by atoms with E-state index in [0.29, 0.717) is 57.9 Å². The summed E-state index contributed by atoms with van der Waals surface area (Å²) in [5.74, 6) is -1.94. The molecule has 1 atom stereocenters. The average Bonchev–Trinajstić information content (AvgIpc) is 2.89. The molecule has 1 aromatic carbocycles. The third-order valence-corrected chi connectivity index (χ3v) is 5.97. The second-order valence-corrected chi connectivity index (χ2v) is 8.53. The Hall–Kier alpha value is -2.94. The number of hydrogen-bond acceptors (Lipinski definition) is 11. The second kappa shape index (κ2) is 21.0. The third kappa shape index (κ3) is 14.7. The van der Waals surface area contributed by atoms with Crippen LogP contribution >= 0.6 is 0 Å². The number of nitrogen functional groups attached to an aromatic ring is 1. The number of aliphatic hydroxyl groups is 2. The van der Waals surface area contributed by atoms with Crippen molar-refractivity contribution in [3.8, 4) is 0 Å². The molecule has 1 unspecified atom stereocenters. The van der Waals surface area contributed by atoms with Crippen molar-refractivity contribution in [2.45, 2.75) is 12.5 Å². The summed E-state index contributed by atoms with van der Waals surface area (Å²) in [5.41, 5.74) is 7.42. The number of carboxylic acid groups (broad SMARTS) is 2. The average molecular weight is 542 g/mol. The number of anilines is 1. The molecule has 0 radical (unpaired) electrons. The highest BCUT2D eigenvalue weighted by atomic mass is 16.4. The molecular formula is C25H43N5O8. The fourth-order valence-corrected chi connectivity index (χ4v) is 4.16. The number of nitrogens with zero attached hydrogens (tertiary/aromatic N) is 4. The molecule has 0 bridgehead atoms. The van der Waals surface area contributed by atoms with Gasteiger partial charge >= 0.3 is 11.9 Å². The van der Waals surface area contributed by atoms with Gasteiger partial charge in [0, 0.05) is 71.8 Å². The molecule has 2 rings (SSSR count). The van der Waals surface area contributed by atoms with E-state index in [2.05, 4.69) is 0 Å². The summed E-state index contributed by atoms with van der Waals surface area (Å²) in [6, 6.07) is 7.15. The Bertz CT molecular complexity index is 811. The van der Waals surface area contributed by atoms with Crippen LogP contribution in [-0.2, 0) is 25.6 Å². The maximum absolute atomic E-state index is 11.7. The van der Waals surface area contributed by atoms with E-state index in [4.69, 9.17) is 15.9 Å². The monoisotopic (exact) mass is 541 g/mol. The molecule has 0 aromatic heterocycles. The van der Waals surface area contributed by atoms with Gasteiger partial charge in [-0.2, -0.15) is 0 Å². The third-order valence-electron chi connectivity index (χ3n) is 5.97. The number of nitrogens with two attached hydrogens (primary N) is 1. The van der Waals surface area contributed by atoms with Crippen LogP contribution in [0.2, 0.25) is 0 Å². The highest BCUT2D eigenvalue weighted by molar-refractivity contribution is 5.69. The predicted molar refractivity (Wildman–Crippen MR) is 143 cm³/mol. The lowest BCUT2D eigenvalue weighted by molar-refractivity contribution is -0.140. The molecule has 1 heterocycles. The molecule has 13 heteroatoms. The van der Waals surface area contributed by atoms with Gasteiger partial charge in [0.25, 0.3) is 0 Å². The van der Waals surface area contributed by atoms with Crippen LogP contribution in [-0.4, -0.2) is 157 Å². The van der Waals surface area contributed by atoms with E-state index in [9.17, 15) is 29.4 Å². The lowest BCUT2D eigenvalue weighted by atomic mass is 10.0. The largest absolute Gasteiger partial charge is 0.480 e. The smallest absolute Gasteiger partial charge is 0.317 e. The Kier molecular flexibility index (Phi) is 19.4. The molecule has 6 N–H and O–H groups in total. The molecular weight excluding hydrogens is 498 g/mol. The van der Waals surface area contributed by atoms with Gasteiger partial charge in [-0.15, -0.1) is 0 Å². The van der Waals surface area contributed by atoms with Gasteiger partial charge in [-0.1, -0.05) is 12.1 Å². The maximum atomic E-state index is 11.7. The van der Waals surface area contributed by atoms with E-state index >= 15 is 0 Å². The summed E-state index contributed by atoms with van der Waals surface area (Å²) in [6.45, 7) is 3.17. The summed E-state index contributed by atoms with van der Waals surface area (Å²) in [7, 11) is 2.00. The van der Waals surface area contributed by atoms with Crippen molar-refractivity contribution >= 4 is 30.2 Å². The van der Waals surface area contributed by atoms with Crippen LogP contribution in [0, 0.1) is 0 Å². The van der Waals surface area contributed by atoms with Gasteiger partial charge in [-0.25, -0.2) is 0 Å². The summed E-state index contributed by atoms with van der Waals surface area (Å²) in [4.78, 5) is 53.1. The maximum Gasteiger partial charge on any atom is 0.317 e. The molecule has 216 valence electrons. The number of rotatable bonds is 10. The molecule has 1 aliphatic heterocycles. The number of aldehydes is 2. The quantitative estimate of drug-likeness (QED) is 0.165. The first-order chi connectivity index (χ1) is 18.3. The van der Waals surface area contributed by atoms with Crippen molar-refractivity contribution in [2.75, 3.05) is 91.9 Å². The lowest BCUT2D eigenvalue weighted by Gasteiger charge is -2.37. The molecule has 1 aromatic rings. The minimum absolute atomic E-state index is 0.171. The number of carboxylic acids is 2. The van der Waals surface area contributed by atoms with Crippen LogP contribution < -0.4 is 5.73 Å². The number of aliphatic carboxylic acids is 2. The zero-order valence-electron chi connectivity index (χ0n) is 22.3. The molecule has 0 aliphatic carbocycles. The van der Waals surface area contributed by atoms with Crippen molar-refractivity contribution in [1.29, 1.82) is 0 Å². The van der Waals surface area contributed by atoms with Gasteiger partial charge in [-0.05, 0) is 24.1 Å². The Balaban J connectivity index is 0.00000326. The van der Waals surface area contributed by atoms with Gasteiger partial charge in [0.15, 0.2) is 0 Å². The van der Waals surface area contributed by atoms with Gasteiger partial charge in [0.05, 0.1) is 26.2 Å². The van der Waals surface area contributed by atoms with Gasteiger partial charge in [0.1, 0.15) is 12.6 Å². The van der Waals surface area contributed by atoms with E-state index in [1.54, 1.807) is 17.0 Å². The van der Waals surface area contributed by atoms with Crippen molar-refractivity contribution in [3.63, 3.8) is 0 Å². The van der Waals surface area contributed by atoms with E-state index in [1.165, 1.54) is 0 Å². The van der Waals surface area contributed by atoms with Crippen LogP contribution in [0.4, 0.5) is 5.69 Å². The number of benzene rings is 1. The molecule has 0 spiro atoms. The molecule has 1 aliphatic rings. The van der Waals surface area contributed by atoms with E-state index < -0.39 is 11.9 Å². The Morgan fingerprint density at radius 3 is 1.79 bits per heavy atom. The first-order valence-electron chi connectivity index (χ1n) is 12.3. The number of hydrogen-bond donors (Lipinski definition) is 5. The van der Waals surface area contributed by atoms with Gasteiger partial charge in [-0.3, -0.25) is 29.2 Å². The molecule has 1 saturated heterocycles. The Morgan fingerprint density at radius 1 is 0.789 bits per heavy atom. The summed E-state index contributed by atoms with van der Waals surface area (Å²) >= 11 is 0. The van der Waals surface area contributed by atoms with Crippen LogP contribution in [0.25, 0.3) is 0 Å². The number of carbonyl (C=O) groups excluding carboxylic acids is 2. The zero-order chi connectivity index (χ0) is 28.9. The van der Waals surface area contributed by atoms with E-state index in [1.807, 2.05) is 26.8 Å². The summed E-state index contributed by atoms with van der Waals surface area (Å²) in [6.07, 6.45) is 2.18. The number of aliphatic hydroxyl groups excluding tert-OH is 2.